The van der Waals surface area contributed by atoms with Crippen LogP contribution in [-0.4, -0.2) is 13.0 Å². The van der Waals surface area contributed by atoms with Crippen LogP contribution in [0.5, 0.6) is 0 Å². The van der Waals surface area contributed by atoms with Gasteiger partial charge in [-0.25, -0.2) is 0 Å². The third kappa shape index (κ3) is 14.1. The van der Waals surface area contributed by atoms with E-state index in [1.54, 1.807) is 0 Å². The Balaban J connectivity index is 0. The molecule has 0 fully saturated rings. The quantitative estimate of drug-likeness (QED) is 0.450. The van der Waals surface area contributed by atoms with E-state index in [2.05, 4.69) is 51.6 Å². The fourth-order valence-electron chi connectivity index (χ4n) is 0.412. The second-order valence-electron chi connectivity index (χ2n) is 4.57. The molecule has 0 heterocycles. The molecule has 0 atom stereocenters. The van der Waals surface area contributed by atoms with Gasteiger partial charge in [0.25, 0.3) is 0 Å². The number of rotatable bonds is 3. The third-order valence-corrected chi connectivity index (χ3v) is 5.72. The fourth-order valence-corrected chi connectivity index (χ4v) is 3.71. The molecule has 3 heteroatoms. The Bertz CT molecular complexity index is 87.6. The van der Waals surface area contributed by atoms with Crippen LogP contribution in [0.2, 0.25) is 19.6 Å². The molecule has 0 nitrogen and oxygen atoms in total. The molecular weight excluding hydrogens is 163 g/mol. The molecule has 0 amide bonds. The van der Waals surface area contributed by atoms with Crippen molar-refractivity contribution < 1.29 is 18.9 Å². The van der Waals surface area contributed by atoms with Crippen molar-refractivity contribution in [1.29, 1.82) is 0 Å². The predicted molar refractivity (Wildman–Crippen MR) is 54.9 cm³/mol. The molecule has 0 saturated carbocycles. The van der Waals surface area contributed by atoms with Crippen molar-refractivity contribution in [3.8, 4) is 0 Å². The number of hydrogen-bond donors (Lipinski definition) is 0. The first-order valence-electron chi connectivity index (χ1n) is 3.70. The van der Waals surface area contributed by atoms with Gasteiger partial charge < -0.3 is 6.92 Å². The van der Waals surface area contributed by atoms with E-state index in [1.807, 2.05) is 0 Å². The molecule has 0 bridgehead atoms. The molecule has 11 heavy (non-hydrogen) atoms. The van der Waals surface area contributed by atoms with Crippen molar-refractivity contribution in [2.24, 2.45) is 5.41 Å². The van der Waals surface area contributed by atoms with Crippen LogP contribution in [0.15, 0.2) is 0 Å². The fraction of sp³-hybridized carbons (Fsp3) is 0.875. The van der Waals surface area contributed by atoms with Crippen LogP contribution in [0.1, 0.15) is 13.8 Å². The summed E-state index contributed by atoms with van der Waals surface area (Å²) in [6.07, 6.45) is 0. The van der Waals surface area contributed by atoms with Crippen LogP contribution in [0, 0.1) is 12.3 Å². The monoisotopic (exact) mass is 182 g/mol. The van der Waals surface area contributed by atoms with Crippen molar-refractivity contribution in [2.45, 2.75) is 33.5 Å². The van der Waals surface area contributed by atoms with Gasteiger partial charge in [0, 0.05) is 0 Å². The van der Waals surface area contributed by atoms with E-state index in [0.29, 0.717) is 0 Å². The zero-order valence-electron chi connectivity index (χ0n) is 8.82. The zero-order chi connectivity index (χ0) is 8.41. The van der Waals surface area contributed by atoms with Crippen LogP contribution in [0.25, 0.3) is 0 Å². The summed E-state index contributed by atoms with van der Waals surface area (Å²) < 4.78 is 0. The van der Waals surface area contributed by atoms with Crippen molar-refractivity contribution in [1.82, 2.24) is 0 Å². The van der Waals surface area contributed by atoms with E-state index in [-0.39, 0.29) is 24.3 Å². The SMILES string of the molecule is [CH2-]C(C)(C)CS[Si](C)(C)C.[Li+]. The molecule has 0 unspecified atom stereocenters. The summed E-state index contributed by atoms with van der Waals surface area (Å²) in [6, 6.07) is 0. The molecule has 0 aliphatic rings. The average Bonchev–Trinajstić information content (AvgIpc) is 1.57. The molecule has 0 aliphatic heterocycles. The molecule has 0 aromatic heterocycles. The molecule has 0 aromatic carbocycles. The molecule has 0 rings (SSSR count). The van der Waals surface area contributed by atoms with Gasteiger partial charge in [0.05, 0.1) is 0 Å². The first-order valence-corrected chi connectivity index (χ1v) is 8.91. The Morgan fingerprint density at radius 2 is 1.64 bits per heavy atom. The topological polar surface area (TPSA) is 0 Å². The summed E-state index contributed by atoms with van der Waals surface area (Å²) in [5.41, 5.74) is 0.255. The summed E-state index contributed by atoms with van der Waals surface area (Å²) in [6.45, 7) is 15.6. The van der Waals surface area contributed by atoms with Gasteiger partial charge in [-0.05, 0) is 5.75 Å². The summed E-state index contributed by atoms with van der Waals surface area (Å²) in [4.78, 5) is 0. The molecule has 0 radical (unpaired) electrons. The van der Waals surface area contributed by atoms with Gasteiger partial charge in [-0.1, -0.05) is 33.5 Å². The van der Waals surface area contributed by atoms with E-state index in [0.717, 1.165) is 0 Å². The van der Waals surface area contributed by atoms with Gasteiger partial charge in [-0.3, -0.25) is 0 Å². The molecule has 0 N–H and O–H groups in total. The first kappa shape index (κ1) is 14.7. The van der Waals surface area contributed by atoms with Crippen molar-refractivity contribution in [3.05, 3.63) is 6.92 Å². The maximum atomic E-state index is 4.07. The minimum Gasteiger partial charge on any atom is -0.337 e. The Morgan fingerprint density at radius 3 is 1.73 bits per heavy atom. The molecule has 0 saturated heterocycles. The normalized spacial score (nSPS) is 12.5. The van der Waals surface area contributed by atoms with Gasteiger partial charge in [-0.2, -0.15) is 16.6 Å². The van der Waals surface area contributed by atoms with Crippen molar-refractivity contribution in [3.63, 3.8) is 0 Å². The summed E-state index contributed by atoms with van der Waals surface area (Å²) >= 11 is 2.12. The van der Waals surface area contributed by atoms with Gasteiger partial charge in [0.15, 0.2) is 0 Å². The molecule has 0 aliphatic carbocycles. The van der Waals surface area contributed by atoms with Crippen molar-refractivity contribution >= 4 is 18.4 Å². The molecular formula is C8H19LiSSi. The summed E-state index contributed by atoms with van der Waals surface area (Å²) in [5, 5.41) is 0. The van der Waals surface area contributed by atoms with Gasteiger partial charge in [0.1, 0.15) is 7.22 Å². The van der Waals surface area contributed by atoms with Gasteiger partial charge >= 0.3 is 18.9 Å². The van der Waals surface area contributed by atoms with Crippen LogP contribution >= 0.6 is 11.2 Å². The second-order valence-corrected chi connectivity index (χ2v) is 13.9. The molecule has 0 aromatic rings. The first-order chi connectivity index (χ1) is 4.21. The summed E-state index contributed by atoms with van der Waals surface area (Å²) in [5.74, 6) is 1.20. The smallest absolute Gasteiger partial charge is 0.337 e. The van der Waals surface area contributed by atoms with Crippen LogP contribution in [0.4, 0.5) is 0 Å². The van der Waals surface area contributed by atoms with E-state index in [9.17, 15) is 0 Å². The van der Waals surface area contributed by atoms with Gasteiger partial charge in [0.2, 0.25) is 0 Å². The minimum absolute atomic E-state index is 0. The third-order valence-electron chi connectivity index (χ3n) is 0.896. The maximum absolute atomic E-state index is 4.07. The Kier molecular flexibility index (Phi) is 6.69. The second kappa shape index (κ2) is 5.02. The van der Waals surface area contributed by atoms with E-state index < -0.39 is 7.22 Å². The standard InChI is InChI=1S/C8H19SSi.Li/c1-8(2,3)7-9-10(4,5)6;/h1,7H2,2-6H3;/q-1;+1. The Morgan fingerprint density at radius 1 is 1.27 bits per heavy atom. The Hall–Kier alpha value is 1.16. The van der Waals surface area contributed by atoms with Crippen molar-refractivity contribution in [2.75, 3.05) is 5.75 Å². The Labute approximate surface area is 88.7 Å². The largest absolute Gasteiger partial charge is 1.00 e. The van der Waals surface area contributed by atoms with E-state index in [4.69, 9.17) is 0 Å². The minimum atomic E-state index is -0.890. The average molecular weight is 182 g/mol. The zero-order valence-corrected chi connectivity index (χ0v) is 10.6. The maximum Gasteiger partial charge on any atom is 1.00 e. The molecule has 62 valence electrons. The summed E-state index contributed by atoms with van der Waals surface area (Å²) in [7, 11) is -0.890. The van der Waals surface area contributed by atoms with E-state index in [1.165, 1.54) is 5.75 Å². The number of hydrogen-bond acceptors (Lipinski definition) is 1. The van der Waals surface area contributed by atoms with Crippen LogP contribution in [0.3, 0.4) is 0 Å². The van der Waals surface area contributed by atoms with Crippen LogP contribution in [-0.2, 0) is 0 Å². The van der Waals surface area contributed by atoms with E-state index >= 15 is 0 Å². The van der Waals surface area contributed by atoms with Gasteiger partial charge in [-0.15, -0.1) is 0 Å². The molecule has 0 spiro atoms. The predicted octanol–water partition coefficient (Wildman–Crippen LogP) is 0.419. The van der Waals surface area contributed by atoms with Crippen LogP contribution < -0.4 is 18.9 Å².